The molecule has 1 amide bonds. The Morgan fingerprint density at radius 3 is 2.03 bits per heavy atom. The van der Waals surface area contributed by atoms with E-state index >= 15 is 0 Å². The van der Waals surface area contributed by atoms with E-state index in [2.05, 4.69) is 76.3 Å². The van der Waals surface area contributed by atoms with Crippen LogP contribution >= 0.6 is 24.0 Å². The highest BCUT2D eigenvalue weighted by atomic mass is 127. The smallest absolute Gasteiger partial charge is 0.241 e. The van der Waals surface area contributed by atoms with E-state index in [1.165, 1.54) is 17.5 Å². The van der Waals surface area contributed by atoms with Crippen LogP contribution in [0.25, 0.3) is 0 Å². The van der Waals surface area contributed by atoms with E-state index in [1.54, 1.807) is 7.05 Å². The van der Waals surface area contributed by atoms with E-state index in [0.29, 0.717) is 18.4 Å². The number of likely N-dealkylation sites (tertiary alicyclic amines) is 1. The Morgan fingerprint density at radius 1 is 0.933 bits per heavy atom. The molecule has 2 N–H and O–H groups in total. The van der Waals surface area contributed by atoms with Crippen LogP contribution in [-0.2, 0) is 4.79 Å². The van der Waals surface area contributed by atoms with Gasteiger partial charge >= 0.3 is 0 Å². The highest BCUT2D eigenvalue weighted by Crippen LogP contribution is 2.27. The summed E-state index contributed by atoms with van der Waals surface area (Å²) in [5.74, 6) is 1.15. The average Bonchev–Trinajstić information content (AvgIpc) is 2.80. The summed E-state index contributed by atoms with van der Waals surface area (Å²) in [6, 6.07) is 21.2. The SMILES string of the molecule is CN=C(NCCC(c1ccccc1)c1ccccc1)NCC(=O)N1CCCCC1.I. The van der Waals surface area contributed by atoms with Crippen molar-refractivity contribution in [1.82, 2.24) is 15.5 Å². The molecule has 0 radical (unpaired) electrons. The first-order valence-corrected chi connectivity index (χ1v) is 10.6. The lowest BCUT2D eigenvalue weighted by molar-refractivity contribution is -0.130. The molecule has 5 nitrogen and oxygen atoms in total. The summed E-state index contributed by atoms with van der Waals surface area (Å²) < 4.78 is 0. The molecule has 1 fully saturated rings. The fraction of sp³-hybridized carbons (Fsp3) is 0.417. The number of hydrogen-bond donors (Lipinski definition) is 2. The summed E-state index contributed by atoms with van der Waals surface area (Å²) in [7, 11) is 1.74. The summed E-state index contributed by atoms with van der Waals surface area (Å²) in [5, 5.41) is 6.53. The molecular formula is C24H33IN4O. The van der Waals surface area contributed by atoms with Crippen LogP contribution in [0.2, 0.25) is 0 Å². The first-order valence-electron chi connectivity index (χ1n) is 10.6. The standard InChI is InChI=1S/C24H32N4O.HI/c1-25-24(27-19-23(29)28-17-9-4-10-18-28)26-16-15-22(20-11-5-2-6-12-20)21-13-7-3-8-14-21;/h2-3,5-8,11-14,22H,4,9-10,15-19H2,1H3,(H2,25,26,27);1H. The molecule has 2 aromatic rings. The molecule has 0 unspecified atom stereocenters. The largest absolute Gasteiger partial charge is 0.356 e. The highest BCUT2D eigenvalue weighted by Gasteiger charge is 2.17. The van der Waals surface area contributed by atoms with Crippen molar-refractivity contribution in [3.8, 4) is 0 Å². The number of nitrogens with zero attached hydrogens (tertiary/aromatic N) is 2. The predicted molar refractivity (Wildman–Crippen MR) is 135 cm³/mol. The summed E-state index contributed by atoms with van der Waals surface area (Å²) >= 11 is 0. The van der Waals surface area contributed by atoms with Gasteiger partial charge < -0.3 is 15.5 Å². The number of nitrogens with one attached hydrogen (secondary N) is 2. The third-order valence-electron chi connectivity index (χ3n) is 5.47. The third-order valence-corrected chi connectivity index (χ3v) is 5.47. The van der Waals surface area contributed by atoms with Crippen LogP contribution in [0.3, 0.4) is 0 Å². The van der Waals surface area contributed by atoms with Crippen LogP contribution in [0.4, 0.5) is 0 Å². The average molecular weight is 520 g/mol. The molecule has 1 saturated heterocycles. The molecule has 3 rings (SSSR count). The number of piperidine rings is 1. The Hall–Kier alpha value is -2.09. The number of carbonyl (C=O) groups excluding carboxylic acids is 1. The van der Waals surface area contributed by atoms with Crippen LogP contribution in [0.5, 0.6) is 0 Å². The second kappa shape index (κ2) is 13.3. The number of hydrogen-bond acceptors (Lipinski definition) is 2. The molecule has 30 heavy (non-hydrogen) atoms. The third kappa shape index (κ3) is 7.31. The van der Waals surface area contributed by atoms with Gasteiger partial charge in [-0.05, 0) is 36.8 Å². The molecule has 1 heterocycles. The monoisotopic (exact) mass is 520 g/mol. The summed E-state index contributed by atoms with van der Waals surface area (Å²) in [5.41, 5.74) is 2.62. The maximum Gasteiger partial charge on any atom is 0.241 e. The summed E-state index contributed by atoms with van der Waals surface area (Å²) in [6.45, 7) is 2.82. The second-order valence-electron chi connectivity index (χ2n) is 7.46. The lowest BCUT2D eigenvalue weighted by atomic mass is 9.88. The van der Waals surface area contributed by atoms with E-state index in [1.807, 2.05) is 4.90 Å². The van der Waals surface area contributed by atoms with Gasteiger partial charge in [-0.1, -0.05) is 60.7 Å². The van der Waals surface area contributed by atoms with Crippen LogP contribution in [0.15, 0.2) is 65.7 Å². The van der Waals surface area contributed by atoms with Crippen molar-refractivity contribution in [3.63, 3.8) is 0 Å². The van der Waals surface area contributed by atoms with Crippen LogP contribution in [-0.4, -0.2) is 50.0 Å². The second-order valence-corrected chi connectivity index (χ2v) is 7.46. The molecule has 0 saturated carbocycles. The molecule has 1 aliphatic rings. The predicted octanol–water partition coefficient (Wildman–Crippen LogP) is 4.00. The quantitative estimate of drug-likeness (QED) is 0.330. The van der Waals surface area contributed by atoms with E-state index in [-0.39, 0.29) is 29.9 Å². The number of rotatable bonds is 7. The van der Waals surface area contributed by atoms with Crippen molar-refractivity contribution in [1.29, 1.82) is 0 Å². The van der Waals surface area contributed by atoms with E-state index < -0.39 is 0 Å². The van der Waals surface area contributed by atoms with Crippen molar-refractivity contribution >= 4 is 35.8 Å². The highest BCUT2D eigenvalue weighted by molar-refractivity contribution is 14.0. The fourth-order valence-electron chi connectivity index (χ4n) is 3.87. The lowest BCUT2D eigenvalue weighted by Gasteiger charge is -2.27. The van der Waals surface area contributed by atoms with E-state index in [9.17, 15) is 4.79 Å². The van der Waals surface area contributed by atoms with E-state index in [0.717, 1.165) is 38.9 Å². The van der Waals surface area contributed by atoms with Crippen molar-refractivity contribution in [2.24, 2.45) is 4.99 Å². The Labute approximate surface area is 197 Å². The zero-order chi connectivity index (χ0) is 20.3. The van der Waals surface area contributed by atoms with Gasteiger partial charge in [0.1, 0.15) is 0 Å². The normalized spacial score (nSPS) is 14.2. The molecule has 0 aliphatic carbocycles. The van der Waals surface area contributed by atoms with Gasteiger partial charge in [0.2, 0.25) is 5.91 Å². The first-order chi connectivity index (χ1) is 14.3. The molecule has 0 bridgehead atoms. The maximum atomic E-state index is 12.4. The fourth-order valence-corrected chi connectivity index (χ4v) is 3.87. The van der Waals surface area contributed by atoms with Crippen molar-refractivity contribution < 1.29 is 4.79 Å². The Bertz CT molecular complexity index is 737. The molecular weight excluding hydrogens is 487 g/mol. The zero-order valence-corrected chi connectivity index (χ0v) is 20.0. The Balaban J connectivity index is 0.00000320. The van der Waals surface area contributed by atoms with Gasteiger partial charge in [-0.15, -0.1) is 24.0 Å². The minimum Gasteiger partial charge on any atom is -0.356 e. The lowest BCUT2D eigenvalue weighted by Crippen LogP contribution is -2.46. The molecule has 1 aliphatic heterocycles. The van der Waals surface area contributed by atoms with Gasteiger partial charge in [0, 0.05) is 32.6 Å². The zero-order valence-electron chi connectivity index (χ0n) is 17.7. The Kier molecular flexibility index (Phi) is 10.7. The van der Waals surface area contributed by atoms with Gasteiger partial charge in [0.05, 0.1) is 6.54 Å². The van der Waals surface area contributed by atoms with Crippen molar-refractivity contribution in [2.45, 2.75) is 31.6 Å². The molecule has 6 heteroatoms. The minimum atomic E-state index is 0. The number of aliphatic imine (C=N–C) groups is 1. The molecule has 0 spiro atoms. The molecule has 0 aromatic heterocycles. The van der Waals surface area contributed by atoms with Crippen LogP contribution in [0, 0.1) is 0 Å². The van der Waals surface area contributed by atoms with Crippen molar-refractivity contribution in [2.75, 3.05) is 33.2 Å². The number of halogens is 1. The van der Waals surface area contributed by atoms with Gasteiger partial charge in [-0.2, -0.15) is 0 Å². The number of carbonyl (C=O) groups is 1. The van der Waals surface area contributed by atoms with Crippen LogP contribution in [0.1, 0.15) is 42.7 Å². The topological polar surface area (TPSA) is 56.7 Å². The summed E-state index contributed by atoms with van der Waals surface area (Å²) in [4.78, 5) is 18.6. The summed E-state index contributed by atoms with van der Waals surface area (Å²) in [6.07, 6.45) is 4.39. The minimum absolute atomic E-state index is 0. The van der Waals surface area contributed by atoms with Gasteiger partial charge in [-0.25, -0.2) is 0 Å². The maximum absolute atomic E-state index is 12.4. The Morgan fingerprint density at radius 2 is 1.50 bits per heavy atom. The van der Waals surface area contributed by atoms with Gasteiger partial charge in [-0.3, -0.25) is 9.79 Å². The molecule has 2 aromatic carbocycles. The first kappa shape index (κ1) is 24.2. The number of benzene rings is 2. The molecule has 0 atom stereocenters. The number of amides is 1. The van der Waals surface area contributed by atoms with Gasteiger partial charge in [0.25, 0.3) is 0 Å². The van der Waals surface area contributed by atoms with Crippen LogP contribution < -0.4 is 10.6 Å². The van der Waals surface area contributed by atoms with E-state index in [4.69, 9.17) is 0 Å². The molecule has 162 valence electrons. The van der Waals surface area contributed by atoms with Crippen molar-refractivity contribution in [3.05, 3.63) is 71.8 Å². The van der Waals surface area contributed by atoms with Gasteiger partial charge in [0.15, 0.2) is 5.96 Å². The number of guanidine groups is 1.